The maximum atomic E-state index is 13.4. The van der Waals surface area contributed by atoms with Crippen molar-refractivity contribution in [3.05, 3.63) is 59.2 Å². The third kappa shape index (κ3) is 3.01. The SMILES string of the molecule is Cc1cc(OCc2ccc(F)cc2F)ccc1S. The van der Waals surface area contributed by atoms with Gasteiger partial charge in [0, 0.05) is 16.5 Å². The quantitative estimate of drug-likeness (QED) is 0.821. The summed E-state index contributed by atoms with van der Waals surface area (Å²) in [7, 11) is 0. The molecule has 18 heavy (non-hydrogen) atoms. The van der Waals surface area contributed by atoms with E-state index in [0.29, 0.717) is 11.3 Å². The average Bonchev–Trinajstić information content (AvgIpc) is 2.32. The zero-order valence-electron chi connectivity index (χ0n) is 9.78. The first-order valence-electron chi connectivity index (χ1n) is 5.42. The molecule has 2 rings (SSSR count). The lowest BCUT2D eigenvalue weighted by Gasteiger charge is -2.08. The van der Waals surface area contributed by atoms with Gasteiger partial charge in [0.15, 0.2) is 0 Å². The molecule has 0 saturated carbocycles. The van der Waals surface area contributed by atoms with Gasteiger partial charge in [-0.25, -0.2) is 8.78 Å². The van der Waals surface area contributed by atoms with Gasteiger partial charge in [0.25, 0.3) is 0 Å². The molecule has 0 aliphatic rings. The Hall–Kier alpha value is -1.55. The van der Waals surface area contributed by atoms with E-state index < -0.39 is 11.6 Å². The van der Waals surface area contributed by atoms with Crippen molar-refractivity contribution in [2.45, 2.75) is 18.4 Å². The van der Waals surface area contributed by atoms with E-state index in [0.717, 1.165) is 16.5 Å². The van der Waals surface area contributed by atoms with Crippen LogP contribution in [0.5, 0.6) is 5.75 Å². The molecular formula is C14H12F2OS. The minimum Gasteiger partial charge on any atom is -0.489 e. The van der Waals surface area contributed by atoms with Gasteiger partial charge in [-0.15, -0.1) is 12.6 Å². The molecule has 0 amide bonds. The van der Waals surface area contributed by atoms with Crippen molar-refractivity contribution in [3.8, 4) is 5.75 Å². The van der Waals surface area contributed by atoms with Crippen molar-refractivity contribution in [1.29, 1.82) is 0 Å². The van der Waals surface area contributed by atoms with Gasteiger partial charge in [0.1, 0.15) is 24.0 Å². The summed E-state index contributed by atoms with van der Waals surface area (Å²) in [5.41, 5.74) is 1.31. The predicted octanol–water partition coefficient (Wildman–Crippen LogP) is 4.14. The Labute approximate surface area is 110 Å². The number of hydrogen-bond acceptors (Lipinski definition) is 2. The summed E-state index contributed by atoms with van der Waals surface area (Å²) in [5, 5.41) is 0. The van der Waals surface area contributed by atoms with Gasteiger partial charge in [0.05, 0.1) is 0 Å². The minimum atomic E-state index is -0.600. The van der Waals surface area contributed by atoms with Gasteiger partial charge in [-0.05, 0) is 42.8 Å². The third-order valence-corrected chi connectivity index (χ3v) is 3.08. The molecule has 94 valence electrons. The van der Waals surface area contributed by atoms with Crippen LogP contribution in [0.2, 0.25) is 0 Å². The normalized spacial score (nSPS) is 10.4. The molecule has 0 fully saturated rings. The van der Waals surface area contributed by atoms with Crippen molar-refractivity contribution < 1.29 is 13.5 Å². The minimum absolute atomic E-state index is 0.0669. The first-order chi connectivity index (χ1) is 8.56. The van der Waals surface area contributed by atoms with E-state index in [4.69, 9.17) is 4.74 Å². The fourth-order valence-electron chi connectivity index (χ4n) is 1.52. The number of halogens is 2. The van der Waals surface area contributed by atoms with Crippen LogP contribution in [-0.2, 0) is 6.61 Å². The molecule has 0 atom stereocenters. The summed E-state index contributed by atoms with van der Waals surface area (Å²) in [6, 6.07) is 8.84. The number of hydrogen-bond donors (Lipinski definition) is 1. The average molecular weight is 266 g/mol. The molecule has 0 saturated heterocycles. The van der Waals surface area contributed by atoms with E-state index in [-0.39, 0.29) is 6.61 Å². The summed E-state index contributed by atoms with van der Waals surface area (Å²) in [6.45, 7) is 1.98. The Balaban J connectivity index is 2.09. The van der Waals surface area contributed by atoms with Gasteiger partial charge in [-0.2, -0.15) is 0 Å². The van der Waals surface area contributed by atoms with E-state index in [1.54, 1.807) is 6.07 Å². The van der Waals surface area contributed by atoms with Gasteiger partial charge >= 0.3 is 0 Å². The second-order valence-electron chi connectivity index (χ2n) is 3.97. The summed E-state index contributed by atoms with van der Waals surface area (Å²) < 4.78 is 31.5. The Morgan fingerprint density at radius 3 is 2.56 bits per heavy atom. The Morgan fingerprint density at radius 2 is 1.89 bits per heavy atom. The van der Waals surface area contributed by atoms with Crippen LogP contribution in [0, 0.1) is 18.6 Å². The smallest absolute Gasteiger partial charge is 0.132 e. The van der Waals surface area contributed by atoms with Crippen molar-refractivity contribution in [2.75, 3.05) is 0 Å². The fourth-order valence-corrected chi connectivity index (χ4v) is 1.66. The molecule has 0 heterocycles. The van der Waals surface area contributed by atoms with Crippen molar-refractivity contribution >= 4 is 12.6 Å². The molecule has 4 heteroatoms. The van der Waals surface area contributed by atoms with E-state index in [9.17, 15) is 8.78 Å². The number of benzene rings is 2. The number of ether oxygens (including phenoxy) is 1. The van der Waals surface area contributed by atoms with Gasteiger partial charge in [0.2, 0.25) is 0 Å². The Morgan fingerprint density at radius 1 is 1.11 bits per heavy atom. The molecule has 1 nitrogen and oxygen atoms in total. The largest absolute Gasteiger partial charge is 0.489 e. The van der Waals surface area contributed by atoms with E-state index in [1.807, 2.05) is 19.1 Å². The number of aryl methyl sites for hydroxylation is 1. The highest BCUT2D eigenvalue weighted by Gasteiger charge is 2.05. The molecule has 0 N–H and O–H groups in total. The van der Waals surface area contributed by atoms with Crippen LogP contribution in [0.4, 0.5) is 8.78 Å². The first kappa shape index (κ1) is 12.9. The highest BCUT2D eigenvalue weighted by Crippen LogP contribution is 2.21. The summed E-state index contributed by atoms with van der Waals surface area (Å²) in [5.74, 6) is -0.557. The molecule has 0 aromatic heterocycles. The van der Waals surface area contributed by atoms with Gasteiger partial charge in [-0.1, -0.05) is 0 Å². The highest BCUT2D eigenvalue weighted by molar-refractivity contribution is 7.80. The number of thiol groups is 1. The summed E-state index contributed by atoms with van der Waals surface area (Å²) >= 11 is 4.25. The lowest BCUT2D eigenvalue weighted by Crippen LogP contribution is -1.99. The number of rotatable bonds is 3. The van der Waals surface area contributed by atoms with Crippen LogP contribution in [0.15, 0.2) is 41.3 Å². The van der Waals surface area contributed by atoms with Crippen LogP contribution < -0.4 is 4.74 Å². The zero-order valence-corrected chi connectivity index (χ0v) is 10.7. The maximum Gasteiger partial charge on any atom is 0.132 e. The molecule has 0 unspecified atom stereocenters. The van der Waals surface area contributed by atoms with Crippen LogP contribution in [-0.4, -0.2) is 0 Å². The topological polar surface area (TPSA) is 9.23 Å². The van der Waals surface area contributed by atoms with Crippen molar-refractivity contribution in [2.24, 2.45) is 0 Å². The first-order valence-corrected chi connectivity index (χ1v) is 5.87. The summed E-state index contributed by atoms with van der Waals surface area (Å²) in [4.78, 5) is 0.871. The molecule has 2 aromatic carbocycles. The monoisotopic (exact) mass is 266 g/mol. The summed E-state index contributed by atoms with van der Waals surface area (Å²) in [6.07, 6.45) is 0. The fraction of sp³-hybridized carbons (Fsp3) is 0.143. The van der Waals surface area contributed by atoms with Gasteiger partial charge in [-0.3, -0.25) is 0 Å². The Bertz CT molecular complexity index is 570. The standard InChI is InChI=1S/C14H12F2OS/c1-9-6-12(4-5-14(9)18)17-8-10-2-3-11(15)7-13(10)16/h2-7,18H,8H2,1H3. The van der Waals surface area contributed by atoms with E-state index in [2.05, 4.69) is 12.6 Å². The van der Waals surface area contributed by atoms with Crippen LogP contribution in [0.3, 0.4) is 0 Å². The molecule has 2 aromatic rings. The van der Waals surface area contributed by atoms with Crippen molar-refractivity contribution in [3.63, 3.8) is 0 Å². The highest BCUT2D eigenvalue weighted by atomic mass is 32.1. The zero-order chi connectivity index (χ0) is 13.1. The molecule has 0 bridgehead atoms. The van der Waals surface area contributed by atoms with Gasteiger partial charge < -0.3 is 4.74 Å². The molecule has 0 radical (unpaired) electrons. The molecule has 0 aliphatic heterocycles. The van der Waals surface area contributed by atoms with Crippen LogP contribution >= 0.6 is 12.6 Å². The lowest BCUT2D eigenvalue weighted by molar-refractivity contribution is 0.299. The lowest BCUT2D eigenvalue weighted by atomic mass is 10.2. The van der Waals surface area contributed by atoms with E-state index >= 15 is 0 Å². The van der Waals surface area contributed by atoms with Crippen molar-refractivity contribution in [1.82, 2.24) is 0 Å². The van der Waals surface area contributed by atoms with Crippen LogP contribution in [0.25, 0.3) is 0 Å². The second-order valence-corrected chi connectivity index (χ2v) is 4.45. The molecule has 0 aliphatic carbocycles. The Kier molecular flexibility index (Phi) is 3.87. The maximum absolute atomic E-state index is 13.4. The molecular weight excluding hydrogens is 254 g/mol. The molecule has 0 spiro atoms. The van der Waals surface area contributed by atoms with E-state index in [1.165, 1.54) is 12.1 Å². The third-order valence-electron chi connectivity index (χ3n) is 2.58. The second kappa shape index (κ2) is 5.40. The predicted molar refractivity (Wildman–Crippen MR) is 69.1 cm³/mol. The van der Waals surface area contributed by atoms with Crippen LogP contribution in [0.1, 0.15) is 11.1 Å².